The van der Waals surface area contributed by atoms with E-state index in [-0.39, 0.29) is 36.5 Å². The Morgan fingerprint density at radius 2 is 2.12 bits per heavy atom. The fourth-order valence-corrected chi connectivity index (χ4v) is 2.55. The number of carbonyl (C=O) groups excluding carboxylic acids is 3. The van der Waals surface area contributed by atoms with E-state index in [0.29, 0.717) is 5.69 Å². The molecule has 128 valence electrons. The molecule has 9 nitrogen and oxygen atoms in total. The molecule has 1 aromatic rings. The van der Waals surface area contributed by atoms with Gasteiger partial charge in [-0.1, -0.05) is 0 Å². The molecule has 24 heavy (non-hydrogen) atoms. The second kappa shape index (κ2) is 7.07. The van der Waals surface area contributed by atoms with E-state index >= 15 is 0 Å². The summed E-state index contributed by atoms with van der Waals surface area (Å²) in [6, 6.07) is 3.39. The lowest BCUT2D eigenvalue weighted by molar-refractivity contribution is -0.384. The highest BCUT2D eigenvalue weighted by Gasteiger charge is 2.31. The molecule has 0 spiro atoms. The SMILES string of the molecule is COC(=O)CCC(=O)N1c2cc([N+](=O)[O-])ccc2NC(=O)C[C@H]1C. The number of fused-ring (bicyclic) bond motifs is 1. The number of carbonyl (C=O) groups is 3. The average Bonchev–Trinajstić information content (AvgIpc) is 2.65. The van der Waals surface area contributed by atoms with Crippen molar-refractivity contribution in [2.24, 2.45) is 0 Å². The number of nitrogens with one attached hydrogen (secondary N) is 1. The molecule has 1 heterocycles. The van der Waals surface area contributed by atoms with Crippen molar-refractivity contribution in [2.75, 3.05) is 17.3 Å². The van der Waals surface area contributed by atoms with E-state index in [1.54, 1.807) is 6.92 Å². The summed E-state index contributed by atoms with van der Waals surface area (Å²) in [5.41, 5.74) is 0.377. The van der Waals surface area contributed by atoms with E-state index in [4.69, 9.17) is 0 Å². The van der Waals surface area contributed by atoms with Crippen molar-refractivity contribution in [1.82, 2.24) is 0 Å². The van der Waals surface area contributed by atoms with Gasteiger partial charge in [-0.25, -0.2) is 0 Å². The summed E-state index contributed by atoms with van der Waals surface area (Å²) in [4.78, 5) is 47.4. The Labute approximate surface area is 137 Å². The first-order valence-corrected chi connectivity index (χ1v) is 7.30. The summed E-state index contributed by atoms with van der Waals surface area (Å²) in [5, 5.41) is 13.6. The lowest BCUT2D eigenvalue weighted by atomic mass is 10.1. The molecule has 9 heteroatoms. The molecule has 1 aliphatic heterocycles. The molecular formula is C15H17N3O6. The van der Waals surface area contributed by atoms with Crippen LogP contribution in [0.5, 0.6) is 0 Å². The van der Waals surface area contributed by atoms with Crippen molar-refractivity contribution in [2.45, 2.75) is 32.2 Å². The first kappa shape index (κ1) is 17.4. The van der Waals surface area contributed by atoms with Crippen LogP contribution in [0.2, 0.25) is 0 Å². The molecule has 0 fully saturated rings. The third kappa shape index (κ3) is 3.67. The summed E-state index contributed by atoms with van der Waals surface area (Å²) in [6.45, 7) is 1.67. The van der Waals surface area contributed by atoms with E-state index < -0.39 is 22.8 Å². The minimum Gasteiger partial charge on any atom is -0.469 e. The number of anilines is 2. The Kier molecular flexibility index (Phi) is 5.12. The van der Waals surface area contributed by atoms with Gasteiger partial charge in [0.2, 0.25) is 11.8 Å². The molecule has 0 saturated heterocycles. The molecule has 2 amide bonds. The van der Waals surface area contributed by atoms with Crippen molar-refractivity contribution in [3.8, 4) is 0 Å². The molecule has 1 aromatic carbocycles. The molecule has 1 N–H and O–H groups in total. The van der Waals surface area contributed by atoms with Gasteiger partial charge in [-0.2, -0.15) is 0 Å². The molecule has 0 aromatic heterocycles. The second-order valence-electron chi connectivity index (χ2n) is 5.40. The average molecular weight is 335 g/mol. The van der Waals surface area contributed by atoms with Crippen LogP contribution in [0.25, 0.3) is 0 Å². The molecular weight excluding hydrogens is 318 g/mol. The monoisotopic (exact) mass is 335 g/mol. The predicted molar refractivity (Wildman–Crippen MR) is 84.5 cm³/mol. The normalized spacial score (nSPS) is 16.7. The Morgan fingerprint density at radius 1 is 1.42 bits per heavy atom. The fraction of sp³-hybridized carbons (Fsp3) is 0.400. The molecule has 0 bridgehead atoms. The van der Waals surface area contributed by atoms with Gasteiger partial charge in [0.1, 0.15) is 0 Å². The third-order valence-electron chi connectivity index (χ3n) is 3.69. The van der Waals surface area contributed by atoms with Crippen LogP contribution in [-0.2, 0) is 19.1 Å². The van der Waals surface area contributed by atoms with Crippen molar-refractivity contribution < 1.29 is 24.0 Å². The maximum Gasteiger partial charge on any atom is 0.306 e. The predicted octanol–water partition coefficient (Wildman–Crippen LogP) is 1.61. The van der Waals surface area contributed by atoms with Gasteiger partial charge in [0.25, 0.3) is 5.69 Å². The van der Waals surface area contributed by atoms with Gasteiger partial charge in [0.15, 0.2) is 0 Å². The number of methoxy groups -OCH3 is 1. The van der Waals surface area contributed by atoms with Crippen LogP contribution >= 0.6 is 0 Å². The van der Waals surface area contributed by atoms with Gasteiger partial charge < -0.3 is 15.0 Å². The number of hydrogen-bond acceptors (Lipinski definition) is 6. The van der Waals surface area contributed by atoms with Gasteiger partial charge in [-0.15, -0.1) is 0 Å². The van der Waals surface area contributed by atoms with Crippen LogP contribution in [-0.4, -0.2) is 35.9 Å². The van der Waals surface area contributed by atoms with Crippen molar-refractivity contribution >= 4 is 34.8 Å². The maximum atomic E-state index is 12.5. The van der Waals surface area contributed by atoms with E-state index in [1.165, 1.54) is 30.2 Å². The Morgan fingerprint density at radius 3 is 2.75 bits per heavy atom. The van der Waals surface area contributed by atoms with Crippen molar-refractivity contribution in [3.63, 3.8) is 0 Å². The topological polar surface area (TPSA) is 119 Å². The fourth-order valence-electron chi connectivity index (χ4n) is 2.55. The van der Waals surface area contributed by atoms with Crippen molar-refractivity contribution in [3.05, 3.63) is 28.3 Å². The first-order valence-electron chi connectivity index (χ1n) is 7.30. The number of esters is 1. The number of nitro groups is 1. The van der Waals surface area contributed by atoms with E-state index in [0.717, 1.165) is 0 Å². The van der Waals surface area contributed by atoms with Crippen LogP contribution < -0.4 is 10.2 Å². The number of nitro benzene ring substituents is 1. The summed E-state index contributed by atoms with van der Waals surface area (Å²) in [6.07, 6.45) is -0.177. The minimum absolute atomic E-state index is 0.0481. The Hall–Kier alpha value is -2.97. The summed E-state index contributed by atoms with van der Waals surface area (Å²) in [5.74, 6) is -1.23. The van der Waals surface area contributed by atoms with Gasteiger partial charge >= 0.3 is 5.97 Å². The Bertz CT molecular complexity index is 702. The highest BCUT2D eigenvalue weighted by Crippen LogP contribution is 2.35. The van der Waals surface area contributed by atoms with E-state index in [2.05, 4.69) is 10.1 Å². The summed E-state index contributed by atoms with van der Waals surface area (Å²) in [7, 11) is 1.22. The number of amides is 2. The largest absolute Gasteiger partial charge is 0.469 e. The quantitative estimate of drug-likeness (QED) is 0.507. The molecule has 0 unspecified atom stereocenters. The number of non-ortho nitro benzene ring substituents is 1. The third-order valence-corrected chi connectivity index (χ3v) is 3.69. The molecule has 2 rings (SSSR count). The highest BCUT2D eigenvalue weighted by atomic mass is 16.6. The molecule has 1 aliphatic rings. The molecule has 0 aliphatic carbocycles. The van der Waals surface area contributed by atoms with Crippen LogP contribution in [0.4, 0.5) is 17.1 Å². The number of rotatable bonds is 4. The van der Waals surface area contributed by atoms with Gasteiger partial charge in [0.05, 0.1) is 29.8 Å². The zero-order valence-corrected chi connectivity index (χ0v) is 13.3. The lowest BCUT2D eigenvalue weighted by Gasteiger charge is -2.27. The lowest BCUT2D eigenvalue weighted by Crippen LogP contribution is -2.39. The molecule has 0 saturated carbocycles. The second-order valence-corrected chi connectivity index (χ2v) is 5.40. The maximum absolute atomic E-state index is 12.5. The van der Waals surface area contributed by atoms with Gasteiger partial charge in [0, 0.05) is 31.0 Å². The zero-order valence-electron chi connectivity index (χ0n) is 13.3. The van der Waals surface area contributed by atoms with Crippen LogP contribution in [0.1, 0.15) is 26.2 Å². The van der Waals surface area contributed by atoms with Crippen LogP contribution in [0, 0.1) is 10.1 Å². The minimum atomic E-state index is -0.575. The van der Waals surface area contributed by atoms with Gasteiger partial charge in [-0.05, 0) is 13.0 Å². The summed E-state index contributed by atoms with van der Waals surface area (Å²) < 4.78 is 4.51. The molecule has 0 radical (unpaired) electrons. The smallest absolute Gasteiger partial charge is 0.306 e. The molecule has 1 atom stereocenters. The Balaban J connectivity index is 2.40. The highest BCUT2D eigenvalue weighted by molar-refractivity contribution is 6.05. The number of hydrogen-bond donors (Lipinski definition) is 1. The standard InChI is InChI=1S/C15H17N3O6/c1-9-7-13(19)16-11-4-3-10(18(22)23)8-12(11)17(9)14(20)5-6-15(21)24-2/h3-4,8-9H,5-7H2,1-2H3,(H,16,19)/t9-/m1/s1. The van der Waals surface area contributed by atoms with E-state index in [9.17, 15) is 24.5 Å². The van der Waals surface area contributed by atoms with Crippen LogP contribution in [0.15, 0.2) is 18.2 Å². The first-order chi connectivity index (χ1) is 11.3. The van der Waals surface area contributed by atoms with Crippen molar-refractivity contribution in [1.29, 1.82) is 0 Å². The zero-order chi connectivity index (χ0) is 17.9. The van der Waals surface area contributed by atoms with E-state index in [1.807, 2.05) is 0 Å². The summed E-state index contributed by atoms with van der Waals surface area (Å²) >= 11 is 0. The number of nitrogens with zero attached hydrogens (tertiary/aromatic N) is 2. The van der Waals surface area contributed by atoms with Crippen LogP contribution in [0.3, 0.4) is 0 Å². The van der Waals surface area contributed by atoms with Gasteiger partial charge in [-0.3, -0.25) is 24.5 Å². The number of benzene rings is 1. The number of ether oxygens (including phenoxy) is 1.